The molecule has 0 unspecified atom stereocenters. The Morgan fingerprint density at radius 2 is 1.65 bits per heavy atom. The predicted octanol–water partition coefficient (Wildman–Crippen LogP) is 3.22. The topological polar surface area (TPSA) is 114 Å². The summed E-state index contributed by atoms with van der Waals surface area (Å²) in [7, 11) is 0. The second kappa shape index (κ2) is 7.56. The van der Waals surface area contributed by atoms with E-state index >= 15 is 0 Å². The molecule has 0 aliphatic heterocycles. The normalized spacial score (nSPS) is 9.62. The van der Waals surface area contributed by atoms with Gasteiger partial charge in [0.2, 0.25) is 0 Å². The number of benzene rings is 2. The summed E-state index contributed by atoms with van der Waals surface area (Å²) in [5.74, 6) is 0.00815. The van der Waals surface area contributed by atoms with Crippen molar-refractivity contribution in [2.45, 2.75) is 0 Å². The Hall–Kier alpha value is -4.23. The molecule has 0 bridgehead atoms. The molecule has 0 aliphatic carbocycles. The highest BCUT2D eigenvalue weighted by Gasteiger charge is 2.09. The van der Waals surface area contributed by atoms with Crippen LogP contribution >= 0.6 is 0 Å². The number of nitrogens with one attached hydrogen (secondary N) is 2. The summed E-state index contributed by atoms with van der Waals surface area (Å²) in [4.78, 5) is 12.2. The molecule has 7 heteroatoms. The van der Waals surface area contributed by atoms with Crippen molar-refractivity contribution < 1.29 is 4.79 Å². The SMILES string of the molecule is N#Cc1ccc(NC(=O)c2ccc(Nc3ccccc3C#N)nn2)cc1. The third-order valence-corrected chi connectivity index (χ3v) is 3.48. The molecule has 2 N–H and O–H groups in total. The minimum Gasteiger partial charge on any atom is -0.338 e. The smallest absolute Gasteiger partial charge is 0.276 e. The fourth-order valence-corrected chi connectivity index (χ4v) is 2.17. The van der Waals surface area contributed by atoms with E-state index in [0.29, 0.717) is 28.3 Å². The summed E-state index contributed by atoms with van der Waals surface area (Å²) < 4.78 is 0. The molecular formula is C19H12N6O. The van der Waals surface area contributed by atoms with Crippen molar-refractivity contribution in [2.75, 3.05) is 10.6 Å². The van der Waals surface area contributed by atoms with E-state index in [1.54, 1.807) is 54.6 Å². The van der Waals surface area contributed by atoms with Gasteiger partial charge in [0.05, 0.1) is 22.9 Å². The third kappa shape index (κ3) is 3.81. The van der Waals surface area contributed by atoms with Crippen molar-refractivity contribution in [1.82, 2.24) is 10.2 Å². The van der Waals surface area contributed by atoms with Gasteiger partial charge in [0.25, 0.3) is 5.91 Å². The molecule has 0 saturated carbocycles. The van der Waals surface area contributed by atoms with Crippen LogP contribution in [0.4, 0.5) is 17.2 Å². The minimum absolute atomic E-state index is 0.147. The first-order valence-corrected chi connectivity index (χ1v) is 7.61. The van der Waals surface area contributed by atoms with Crippen molar-refractivity contribution in [3.8, 4) is 12.1 Å². The van der Waals surface area contributed by atoms with Crippen molar-refractivity contribution in [3.63, 3.8) is 0 Å². The number of carbonyl (C=O) groups excluding carboxylic acids is 1. The Kier molecular flexibility index (Phi) is 4.83. The van der Waals surface area contributed by atoms with Crippen LogP contribution in [-0.4, -0.2) is 16.1 Å². The lowest BCUT2D eigenvalue weighted by Crippen LogP contribution is -2.14. The summed E-state index contributed by atoms with van der Waals surface area (Å²) in [6.45, 7) is 0. The first-order chi connectivity index (χ1) is 12.7. The Morgan fingerprint density at radius 3 is 2.31 bits per heavy atom. The monoisotopic (exact) mass is 340 g/mol. The molecule has 3 aromatic rings. The maximum atomic E-state index is 12.2. The Bertz CT molecular complexity index is 1010. The Morgan fingerprint density at radius 1 is 0.885 bits per heavy atom. The van der Waals surface area contributed by atoms with Crippen LogP contribution in [0.2, 0.25) is 0 Å². The van der Waals surface area contributed by atoms with Gasteiger partial charge in [0.1, 0.15) is 6.07 Å². The molecule has 2 aromatic carbocycles. The quantitative estimate of drug-likeness (QED) is 0.753. The maximum Gasteiger partial charge on any atom is 0.276 e. The molecule has 26 heavy (non-hydrogen) atoms. The standard InChI is InChI=1S/C19H12N6O/c20-11-13-5-7-15(8-6-13)22-19(26)17-9-10-18(25-24-17)23-16-4-2-1-3-14(16)12-21/h1-10H,(H,22,26)(H,23,25). The zero-order valence-electron chi connectivity index (χ0n) is 13.5. The first kappa shape index (κ1) is 16.6. The van der Waals surface area contributed by atoms with E-state index in [9.17, 15) is 4.79 Å². The van der Waals surface area contributed by atoms with Gasteiger partial charge >= 0.3 is 0 Å². The second-order valence-corrected chi connectivity index (χ2v) is 5.23. The highest BCUT2D eigenvalue weighted by atomic mass is 16.1. The van der Waals surface area contributed by atoms with E-state index < -0.39 is 5.91 Å². The van der Waals surface area contributed by atoms with Crippen LogP contribution in [0.1, 0.15) is 21.6 Å². The number of amides is 1. The van der Waals surface area contributed by atoms with E-state index in [1.807, 2.05) is 6.07 Å². The van der Waals surface area contributed by atoms with Gasteiger partial charge in [-0.15, -0.1) is 10.2 Å². The zero-order valence-corrected chi connectivity index (χ0v) is 13.5. The third-order valence-electron chi connectivity index (χ3n) is 3.48. The number of nitriles is 2. The van der Waals surface area contributed by atoms with Gasteiger partial charge in [-0.3, -0.25) is 4.79 Å². The van der Waals surface area contributed by atoms with Gasteiger partial charge in [-0.25, -0.2) is 0 Å². The van der Waals surface area contributed by atoms with E-state index in [1.165, 1.54) is 6.07 Å². The van der Waals surface area contributed by atoms with Crippen LogP contribution < -0.4 is 10.6 Å². The van der Waals surface area contributed by atoms with Crippen LogP contribution in [0, 0.1) is 22.7 Å². The summed E-state index contributed by atoms with van der Waals surface area (Å²) >= 11 is 0. The average Bonchev–Trinajstić information content (AvgIpc) is 2.69. The number of para-hydroxylation sites is 1. The fraction of sp³-hybridized carbons (Fsp3) is 0. The zero-order chi connectivity index (χ0) is 18.4. The number of hydrogen-bond donors (Lipinski definition) is 2. The van der Waals surface area contributed by atoms with Gasteiger partial charge in [0.15, 0.2) is 11.5 Å². The van der Waals surface area contributed by atoms with E-state index in [4.69, 9.17) is 10.5 Å². The molecule has 1 amide bonds. The lowest BCUT2D eigenvalue weighted by Gasteiger charge is -2.07. The van der Waals surface area contributed by atoms with Crippen LogP contribution in [0.5, 0.6) is 0 Å². The van der Waals surface area contributed by atoms with Crippen molar-refractivity contribution in [2.24, 2.45) is 0 Å². The van der Waals surface area contributed by atoms with Gasteiger partial charge in [-0.2, -0.15) is 10.5 Å². The largest absolute Gasteiger partial charge is 0.338 e. The Labute approximate surface area is 149 Å². The maximum absolute atomic E-state index is 12.2. The van der Waals surface area contributed by atoms with Crippen LogP contribution in [0.15, 0.2) is 60.7 Å². The van der Waals surface area contributed by atoms with Gasteiger partial charge in [0, 0.05) is 5.69 Å². The molecule has 124 valence electrons. The number of aromatic nitrogens is 2. The van der Waals surface area contributed by atoms with E-state index in [0.717, 1.165) is 0 Å². The number of carbonyl (C=O) groups is 1. The molecule has 0 saturated heterocycles. The number of anilines is 3. The van der Waals surface area contributed by atoms with Crippen LogP contribution in [-0.2, 0) is 0 Å². The van der Waals surface area contributed by atoms with Crippen LogP contribution in [0.25, 0.3) is 0 Å². The minimum atomic E-state index is -0.411. The second-order valence-electron chi connectivity index (χ2n) is 5.23. The molecule has 0 fully saturated rings. The lowest BCUT2D eigenvalue weighted by molar-refractivity contribution is 0.102. The lowest BCUT2D eigenvalue weighted by atomic mass is 10.2. The summed E-state index contributed by atoms with van der Waals surface area (Å²) in [5.41, 5.74) is 2.31. The average molecular weight is 340 g/mol. The highest BCUT2D eigenvalue weighted by molar-refractivity contribution is 6.02. The number of rotatable bonds is 4. The summed E-state index contributed by atoms with van der Waals surface area (Å²) in [6, 6.07) is 20.8. The van der Waals surface area contributed by atoms with E-state index in [-0.39, 0.29) is 5.69 Å². The molecular weight excluding hydrogens is 328 g/mol. The number of hydrogen-bond acceptors (Lipinski definition) is 6. The predicted molar refractivity (Wildman–Crippen MR) is 95.6 cm³/mol. The molecule has 0 spiro atoms. The molecule has 0 atom stereocenters. The summed E-state index contributed by atoms with van der Waals surface area (Å²) in [6.07, 6.45) is 0. The Balaban J connectivity index is 1.69. The van der Waals surface area contributed by atoms with Crippen molar-refractivity contribution in [1.29, 1.82) is 10.5 Å². The molecule has 0 aliphatic rings. The van der Waals surface area contributed by atoms with Crippen molar-refractivity contribution >= 4 is 23.1 Å². The highest BCUT2D eigenvalue weighted by Crippen LogP contribution is 2.18. The molecule has 1 aromatic heterocycles. The molecule has 3 rings (SSSR count). The van der Waals surface area contributed by atoms with Crippen LogP contribution in [0.3, 0.4) is 0 Å². The molecule has 1 heterocycles. The first-order valence-electron chi connectivity index (χ1n) is 7.61. The number of nitrogens with zero attached hydrogens (tertiary/aromatic N) is 4. The molecule has 0 radical (unpaired) electrons. The fourth-order valence-electron chi connectivity index (χ4n) is 2.17. The van der Waals surface area contributed by atoms with E-state index in [2.05, 4.69) is 26.9 Å². The molecule has 7 nitrogen and oxygen atoms in total. The van der Waals surface area contributed by atoms with Crippen molar-refractivity contribution in [3.05, 3.63) is 77.5 Å². The van der Waals surface area contributed by atoms with Gasteiger partial charge in [-0.1, -0.05) is 12.1 Å². The van der Waals surface area contributed by atoms with Gasteiger partial charge in [-0.05, 0) is 48.5 Å². The summed E-state index contributed by atoms with van der Waals surface area (Å²) in [5, 5.41) is 31.4. The van der Waals surface area contributed by atoms with Gasteiger partial charge < -0.3 is 10.6 Å².